The number of hydrogen-bond donors (Lipinski definition) is 0. The van der Waals surface area contributed by atoms with E-state index in [4.69, 9.17) is 8.85 Å². The highest BCUT2D eigenvalue weighted by Gasteiger charge is 2.41. The molecule has 0 bridgehead atoms. The average Bonchev–Trinajstić information content (AvgIpc) is 3.64. The second kappa shape index (κ2) is 15.4. The van der Waals surface area contributed by atoms with E-state index < -0.39 is 24.7 Å². The van der Waals surface area contributed by atoms with Gasteiger partial charge in [0.15, 0.2) is 22.3 Å². The van der Waals surface area contributed by atoms with Crippen LogP contribution >= 0.6 is 11.3 Å². The van der Waals surface area contributed by atoms with Gasteiger partial charge in [-0.2, -0.15) is 0 Å². The Bertz CT molecular complexity index is 2600. The third-order valence-electron chi connectivity index (χ3n) is 14.1. The van der Waals surface area contributed by atoms with Crippen LogP contribution in [0.15, 0.2) is 102 Å². The molecule has 4 nitrogen and oxygen atoms in total. The first-order valence-corrected chi connectivity index (χ1v) is 30.9. The normalized spacial score (nSPS) is 15.8. The van der Waals surface area contributed by atoms with Crippen LogP contribution in [0.3, 0.4) is 0 Å². The standard InChI is InChI=1S/C51H67N2O2SSi3/c1-50(2,3)58(13,14)54-32-43-37-19-17-18-20-38(37)44(33-55-59(15,16)51(4,5)6)42-29-34(21-24-39(42)43)45-27-28-46(56-45)49-40-25-22-35(52(7)8)30-47(40)57(11,12)48-31-36(53(9)10)23-26-41(48)49/h17-31H,32-33H2,1-16H3/q+1. The van der Waals surface area contributed by atoms with Crippen molar-refractivity contribution in [3.63, 3.8) is 0 Å². The summed E-state index contributed by atoms with van der Waals surface area (Å²) in [5.74, 6) is 0. The van der Waals surface area contributed by atoms with E-state index in [-0.39, 0.29) is 10.1 Å². The number of fused-ring (bicyclic) bond motifs is 4. The van der Waals surface area contributed by atoms with Gasteiger partial charge in [0, 0.05) is 47.3 Å². The third-order valence-corrected chi connectivity index (χ3v) is 27.7. The maximum absolute atomic E-state index is 7.06. The van der Waals surface area contributed by atoms with Crippen LogP contribution in [0.25, 0.3) is 37.6 Å². The molecule has 0 radical (unpaired) electrons. The Hall–Kier alpha value is -3.64. The Labute approximate surface area is 362 Å². The van der Waals surface area contributed by atoms with Gasteiger partial charge in [0.1, 0.15) is 22.2 Å². The Morgan fingerprint density at radius 2 is 1.24 bits per heavy atom. The minimum Gasteiger partial charge on any atom is -0.413 e. The minimum atomic E-state index is -2.04. The van der Waals surface area contributed by atoms with E-state index in [0.29, 0.717) is 13.2 Å². The molecular formula is C51H67N2O2SSi3+. The molecule has 0 fully saturated rings. The SMILES string of the molecule is CN(C)c1ccc2c(c1)[Si](C)(C)C1=CC(=[N+](C)C)C=CC1=C2c1ccc(-c2ccc3c(CO[Si](C)(C)C(C)(C)C)c4ccccc4c(CO[Si](C)(C)C(C)(C)C)c3c2)s1. The molecule has 0 atom stereocenters. The van der Waals surface area contributed by atoms with Gasteiger partial charge in [0.05, 0.1) is 13.2 Å². The zero-order chi connectivity index (χ0) is 43.0. The first-order valence-electron chi connectivity index (χ1n) is 21.3. The third kappa shape index (κ3) is 7.90. The molecular weight excluding hydrogens is 789 g/mol. The van der Waals surface area contributed by atoms with Crippen LogP contribution in [-0.2, 0) is 22.1 Å². The van der Waals surface area contributed by atoms with Crippen LogP contribution < -0.4 is 10.1 Å². The van der Waals surface area contributed by atoms with Crippen LogP contribution in [0, 0.1) is 0 Å². The van der Waals surface area contributed by atoms with Gasteiger partial charge < -0.3 is 13.8 Å². The highest BCUT2D eigenvalue weighted by molar-refractivity contribution is 7.16. The van der Waals surface area contributed by atoms with E-state index >= 15 is 0 Å². The van der Waals surface area contributed by atoms with Crippen molar-refractivity contribution in [3.05, 3.63) is 123 Å². The molecule has 310 valence electrons. The van der Waals surface area contributed by atoms with Gasteiger partial charge >= 0.3 is 0 Å². The molecule has 4 aromatic carbocycles. The summed E-state index contributed by atoms with van der Waals surface area (Å²) in [6.07, 6.45) is 7.15. The van der Waals surface area contributed by atoms with Crippen LogP contribution in [0.4, 0.5) is 5.69 Å². The van der Waals surface area contributed by atoms with Gasteiger partial charge in [-0.25, -0.2) is 4.58 Å². The van der Waals surface area contributed by atoms with Crippen molar-refractivity contribution in [2.45, 2.75) is 104 Å². The molecule has 5 aromatic rings. The maximum atomic E-state index is 7.06. The van der Waals surface area contributed by atoms with E-state index in [1.165, 1.54) is 86.5 Å². The van der Waals surface area contributed by atoms with Gasteiger partial charge in [-0.1, -0.05) is 97.1 Å². The van der Waals surface area contributed by atoms with Crippen LogP contribution in [0.2, 0.25) is 49.4 Å². The number of anilines is 1. The van der Waals surface area contributed by atoms with E-state index in [0.717, 1.165) is 0 Å². The molecule has 8 heteroatoms. The summed E-state index contributed by atoms with van der Waals surface area (Å²) in [4.78, 5) is 4.82. The van der Waals surface area contributed by atoms with Crippen molar-refractivity contribution in [2.24, 2.45) is 0 Å². The first-order chi connectivity index (χ1) is 27.4. The summed E-state index contributed by atoms with van der Waals surface area (Å²) in [7, 11) is 2.50. The zero-order valence-electron chi connectivity index (χ0n) is 38.7. The van der Waals surface area contributed by atoms with Gasteiger partial charge in [0.25, 0.3) is 0 Å². The summed E-state index contributed by atoms with van der Waals surface area (Å²) in [5.41, 5.74) is 10.4. The Balaban J connectivity index is 1.41. The molecule has 0 amide bonds. The van der Waals surface area contributed by atoms with E-state index in [1.807, 2.05) is 11.3 Å². The number of benzene rings is 4. The molecule has 1 aliphatic heterocycles. The summed E-state index contributed by atoms with van der Waals surface area (Å²) in [5, 5.41) is 8.32. The van der Waals surface area contributed by atoms with Gasteiger partial charge in [-0.15, -0.1) is 11.3 Å². The van der Waals surface area contributed by atoms with Crippen LogP contribution in [-0.4, -0.2) is 63.2 Å². The molecule has 1 aliphatic carbocycles. The zero-order valence-corrected chi connectivity index (χ0v) is 42.5. The first kappa shape index (κ1) is 43.5. The van der Waals surface area contributed by atoms with Crippen molar-refractivity contribution in [2.75, 3.05) is 33.1 Å². The summed E-state index contributed by atoms with van der Waals surface area (Å²) < 4.78 is 16.3. The molecule has 0 saturated heterocycles. The quantitative estimate of drug-likeness (QED) is 0.0839. The van der Waals surface area contributed by atoms with Crippen molar-refractivity contribution in [1.29, 1.82) is 0 Å². The number of thiophene rings is 1. The number of nitrogens with zero attached hydrogens (tertiary/aromatic N) is 2. The second-order valence-corrected chi connectivity index (χ2v) is 35.8. The van der Waals surface area contributed by atoms with E-state index in [1.54, 1.807) is 0 Å². The van der Waals surface area contributed by atoms with E-state index in [9.17, 15) is 0 Å². The molecule has 0 N–H and O–H groups in total. The van der Waals surface area contributed by atoms with Gasteiger partial charge in [-0.3, -0.25) is 0 Å². The molecule has 7 rings (SSSR count). The number of allylic oxidation sites excluding steroid dienone is 5. The Morgan fingerprint density at radius 1 is 0.678 bits per heavy atom. The molecule has 2 heterocycles. The topological polar surface area (TPSA) is 24.7 Å². The lowest BCUT2D eigenvalue weighted by Gasteiger charge is -2.37. The lowest BCUT2D eigenvalue weighted by atomic mass is 9.91. The minimum absolute atomic E-state index is 0.113. The fourth-order valence-corrected chi connectivity index (χ4v) is 14.1. The molecule has 1 aromatic heterocycles. The maximum Gasteiger partial charge on any atom is 0.199 e. The van der Waals surface area contributed by atoms with Crippen LogP contribution in [0.1, 0.15) is 63.1 Å². The fraction of sp³-hybridized carbons (Fsp3) is 0.392. The van der Waals surface area contributed by atoms with Gasteiger partial charge in [-0.05, 0) is 132 Å². The fourth-order valence-electron chi connectivity index (χ4n) is 8.03. The lowest BCUT2D eigenvalue weighted by molar-refractivity contribution is -0.462. The lowest BCUT2D eigenvalue weighted by Crippen LogP contribution is -2.49. The van der Waals surface area contributed by atoms with Crippen molar-refractivity contribution in [3.8, 4) is 10.4 Å². The van der Waals surface area contributed by atoms with Crippen LogP contribution in [0.5, 0.6) is 0 Å². The summed E-state index contributed by atoms with van der Waals surface area (Å²) in [6.45, 7) is 29.6. The molecule has 0 unspecified atom stereocenters. The molecule has 2 aliphatic rings. The van der Waals surface area contributed by atoms with Crippen molar-refractivity contribution >= 4 is 79.7 Å². The number of hydrogen-bond acceptors (Lipinski definition) is 4. The van der Waals surface area contributed by atoms with Crippen molar-refractivity contribution < 1.29 is 13.4 Å². The van der Waals surface area contributed by atoms with Gasteiger partial charge in [0.2, 0.25) is 0 Å². The molecule has 0 saturated carbocycles. The van der Waals surface area contributed by atoms with Crippen molar-refractivity contribution in [1.82, 2.24) is 0 Å². The monoisotopic (exact) mass is 855 g/mol. The second-order valence-electron chi connectivity index (χ2n) is 20.8. The summed E-state index contributed by atoms with van der Waals surface area (Å²) in [6, 6.07) is 28.0. The number of rotatable bonds is 9. The predicted octanol–water partition coefficient (Wildman–Crippen LogP) is 13.3. The Morgan fingerprint density at radius 3 is 1.80 bits per heavy atom. The smallest absolute Gasteiger partial charge is 0.199 e. The predicted molar refractivity (Wildman–Crippen MR) is 267 cm³/mol. The molecule has 0 spiro atoms. The largest absolute Gasteiger partial charge is 0.413 e. The average molecular weight is 856 g/mol. The Kier molecular flexibility index (Phi) is 11.3. The van der Waals surface area contributed by atoms with E-state index in [2.05, 4.69) is 210 Å². The highest BCUT2D eigenvalue weighted by Crippen LogP contribution is 2.47. The highest BCUT2D eigenvalue weighted by atomic mass is 32.1. The molecule has 59 heavy (non-hydrogen) atoms. The summed E-state index contributed by atoms with van der Waals surface area (Å²) >= 11 is 1.91.